The van der Waals surface area contributed by atoms with Crippen LogP contribution in [-0.4, -0.2) is 43.4 Å². The topological polar surface area (TPSA) is 67.7 Å². The number of pyridine rings is 3. The maximum atomic E-state index is 4.93. The minimum absolute atomic E-state index is 0.706. The average molecular weight is 571 g/mol. The van der Waals surface area contributed by atoms with Crippen molar-refractivity contribution in [2.24, 2.45) is 0 Å². The summed E-state index contributed by atoms with van der Waals surface area (Å²) in [5, 5.41) is 0. The number of aryl methyl sites for hydroxylation is 1. The van der Waals surface area contributed by atoms with Crippen LogP contribution < -0.4 is 0 Å². The molecule has 2 aromatic carbocycles. The molecular formula is C38H30N6. The maximum Gasteiger partial charge on any atom is 0.126 e. The van der Waals surface area contributed by atoms with Crippen molar-refractivity contribution in [3.05, 3.63) is 146 Å². The number of hydrogen-bond acceptors (Lipinski definition) is 6. The van der Waals surface area contributed by atoms with Gasteiger partial charge < -0.3 is 4.90 Å². The van der Waals surface area contributed by atoms with E-state index < -0.39 is 0 Å². The molecule has 0 bridgehead atoms. The Kier molecular flexibility index (Phi) is 7.30. The van der Waals surface area contributed by atoms with Crippen LogP contribution in [0, 0.1) is 6.92 Å². The molecule has 1 aliphatic rings. The Balaban J connectivity index is 1.39. The fraction of sp³-hybridized carbons (Fsp3) is 0.0789. The molecule has 4 aromatic heterocycles. The summed E-state index contributed by atoms with van der Waals surface area (Å²) in [4.78, 5) is 25.1. The van der Waals surface area contributed by atoms with Gasteiger partial charge in [0.05, 0.1) is 11.4 Å². The van der Waals surface area contributed by atoms with Gasteiger partial charge >= 0.3 is 0 Å². The molecule has 0 aliphatic carbocycles. The molecule has 6 aromatic rings. The maximum absolute atomic E-state index is 4.93. The Bertz CT molecular complexity index is 1940. The molecule has 6 heteroatoms. The van der Waals surface area contributed by atoms with E-state index in [1.165, 1.54) is 0 Å². The first kappa shape index (κ1) is 27.1. The first-order chi connectivity index (χ1) is 21.6. The van der Waals surface area contributed by atoms with Crippen LogP contribution >= 0.6 is 0 Å². The molecule has 0 N–H and O–H groups in total. The van der Waals surface area contributed by atoms with Gasteiger partial charge in [0.25, 0.3) is 0 Å². The van der Waals surface area contributed by atoms with Crippen molar-refractivity contribution in [2.75, 3.05) is 13.6 Å². The fourth-order valence-corrected chi connectivity index (χ4v) is 5.53. The summed E-state index contributed by atoms with van der Waals surface area (Å²) in [5.74, 6) is 0.706. The Morgan fingerprint density at radius 3 is 1.45 bits per heavy atom. The summed E-state index contributed by atoms with van der Waals surface area (Å²) in [5.41, 5.74) is 12.4. The second-order valence-electron chi connectivity index (χ2n) is 10.9. The van der Waals surface area contributed by atoms with Crippen molar-refractivity contribution in [3.8, 4) is 55.9 Å². The van der Waals surface area contributed by atoms with Crippen LogP contribution in [0.5, 0.6) is 0 Å². The minimum atomic E-state index is 0.706. The lowest BCUT2D eigenvalue weighted by molar-refractivity contribution is 0.507. The van der Waals surface area contributed by atoms with Gasteiger partial charge in [0, 0.05) is 84.8 Å². The van der Waals surface area contributed by atoms with Gasteiger partial charge in [-0.05, 0) is 95.4 Å². The normalized spacial score (nSPS) is 12.7. The summed E-state index contributed by atoms with van der Waals surface area (Å²) in [7, 11) is 2.09. The van der Waals surface area contributed by atoms with Gasteiger partial charge in [0.15, 0.2) is 0 Å². The highest BCUT2D eigenvalue weighted by atomic mass is 15.1. The Labute approximate surface area is 257 Å². The summed E-state index contributed by atoms with van der Waals surface area (Å²) >= 11 is 0. The van der Waals surface area contributed by atoms with Crippen molar-refractivity contribution in [3.63, 3.8) is 0 Å². The molecule has 0 saturated carbocycles. The molecule has 0 unspecified atom stereocenters. The summed E-state index contributed by atoms with van der Waals surface area (Å²) in [6.07, 6.45) is 17.6. The highest BCUT2D eigenvalue weighted by Gasteiger charge is 2.15. The predicted molar refractivity (Wildman–Crippen MR) is 177 cm³/mol. The number of hydrogen-bond donors (Lipinski definition) is 0. The van der Waals surface area contributed by atoms with Crippen molar-refractivity contribution in [2.45, 2.75) is 6.92 Å². The average Bonchev–Trinajstić information content (AvgIpc) is 3.09. The lowest BCUT2D eigenvalue weighted by Crippen LogP contribution is -2.13. The second-order valence-corrected chi connectivity index (χ2v) is 10.9. The van der Waals surface area contributed by atoms with Crippen molar-refractivity contribution < 1.29 is 0 Å². The van der Waals surface area contributed by atoms with Crippen molar-refractivity contribution in [1.82, 2.24) is 29.8 Å². The lowest BCUT2D eigenvalue weighted by atomic mass is 9.93. The number of likely N-dealkylation sites (N-methyl/N-ethyl adjacent to an activating group) is 1. The van der Waals surface area contributed by atoms with Crippen LogP contribution in [0.4, 0.5) is 0 Å². The van der Waals surface area contributed by atoms with Gasteiger partial charge in [0.2, 0.25) is 0 Å². The van der Waals surface area contributed by atoms with E-state index in [0.717, 1.165) is 73.6 Å². The highest BCUT2D eigenvalue weighted by molar-refractivity contribution is 5.84. The van der Waals surface area contributed by atoms with E-state index in [2.05, 4.69) is 106 Å². The van der Waals surface area contributed by atoms with E-state index in [9.17, 15) is 0 Å². The molecular weight excluding hydrogens is 540 g/mol. The third-order valence-electron chi connectivity index (χ3n) is 7.66. The smallest absolute Gasteiger partial charge is 0.126 e. The van der Waals surface area contributed by atoms with Gasteiger partial charge in [-0.3, -0.25) is 15.0 Å². The van der Waals surface area contributed by atoms with Crippen LogP contribution in [-0.2, 0) is 0 Å². The van der Waals surface area contributed by atoms with Crippen LogP contribution in [0.25, 0.3) is 61.5 Å². The number of rotatable bonds is 6. The molecule has 5 heterocycles. The molecule has 0 radical (unpaired) electrons. The van der Waals surface area contributed by atoms with Gasteiger partial charge in [-0.2, -0.15) is 0 Å². The van der Waals surface area contributed by atoms with E-state index in [1.807, 2.05) is 43.7 Å². The third-order valence-corrected chi connectivity index (χ3v) is 7.66. The van der Waals surface area contributed by atoms with Gasteiger partial charge in [0.1, 0.15) is 5.82 Å². The predicted octanol–water partition coefficient (Wildman–Crippen LogP) is 8.15. The molecule has 212 valence electrons. The summed E-state index contributed by atoms with van der Waals surface area (Å²) < 4.78 is 0. The van der Waals surface area contributed by atoms with Crippen molar-refractivity contribution in [1.29, 1.82) is 0 Å². The molecule has 1 aliphatic heterocycles. The van der Waals surface area contributed by atoms with Crippen LogP contribution in [0.15, 0.2) is 134 Å². The number of allylic oxidation sites excluding steroid dienone is 2. The molecule has 0 atom stereocenters. The third kappa shape index (κ3) is 5.78. The molecule has 0 saturated heterocycles. The molecule has 7 rings (SSSR count). The zero-order chi connectivity index (χ0) is 29.9. The fourth-order valence-electron chi connectivity index (χ4n) is 5.53. The standard InChI is InChI=1S/C38H30N6/c1-26-42-37(35-17-31(27-7-3-11-39-22-27)15-32(18-35)28-8-4-12-40-23-28)21-38(43-26)36-19-33(29-9-5-13-41-24-29)16-34(20-36)30-10-6-14-44(2)25-30/h3-13,15-25H,14H2,1-2H3. The Hall–Kier alpha value is -5.75. The molecule has 0 fully saturated rings. The van der Waals surface area contributed by atoms with Gasteiger partial charge in [-0.1, -0.05) is 30.4 Å². The first-order valence-corrected chi connectivity index (χ1v) is 14.6. The number of aromatic nitrogens is 5. The van der Waals surface area contributed by atoms with Crippen LogP contribution in [0.2, 0.25) is 0 Å². The summed E-state index contributed by atoms with van der Waals surface area (Å²) in [6.45, 7) is 2.85. The molecule has 44 heavy (non-hydrogen) atoms. The molecule has 0 amide bonds. The largest absolute Gasteiger partial charge is 0.376 e. The monoisotopic (exact) mass is 570 g/mol. The van der Waals surface area contributed by atoms with E-state index in [0.29, 0.717) is 5.82 Å². The van der Waals surface area contributed by atoms with E-state index in [1.54, 1.807) is 18.6 Å². The van der Waals surface area contributed by atoms with Gasteiger partial charge in [-0.15, -0.1) is 0 Å². The van der Waals surface area contributed by atoms with Crippen LogP contribution in [0.3, 0.4) is 0 Å². The zero-order valence-corrected chi connectivity index (χ0v) is 24.6. The SMILES string of the molecule is Cc1nc(-c2cc(C3=CN(C)CC=C3)cc(-c3cccnc3)c2)cc(-c2cc(-c3cccnc3)cc(-c3cccnc3)c2)n1. The zero-order valence-electron chi connectivity index (χ0n) is 24.6. The van der Waals surface area contributed by atoms with E-state index in [-0.39, 0.29) is 0 Å². The number of benzene rings is 2. The molecule has 0 spiro atoms. The highest BCUT2D eigenvalue weighted by Crippen LogP contribution is 2.35. The minimum Gasteiger partial charge on any atom is -0.376 e. The van der Waals surface area contributed by atoms with E-state index >= 15 is 0 Å². The van der Waals surface area contributed by atoms with Crippen molar-refractivity contribution >= 4 is 5.57 Å². The lowest BCUT2D eigenvalue weighted by Gasteiger charge is -2.19. The molecule has 6 nitrogen and oxygen atoms in total. The van der Waals surface area contributed by atoms with Gasteiger partial charge in [-0.25, -0.2) is 9.97 Å². The van der Waals surface area contributed by atoms with E-state index in [4.69, 9.17) is 9.97 Å². The number of nitrogens with zero attached hydrogens (tertiary/aromatic N) is 6. The second kappa shape index (κ2) is 11.9. The quantitative estimate of drug-likeness (QED) is 0.201. The Morgan fingerprint density at radius 1 is 0.545 bits per heavy atom. The first-order valence-electron chi connectivity index (χ1n) is 14.6. The summed E-state index contributed by atoms with van der Waals surface area (Å²) in [6, 6.07) is 27.4. The Morgan fingerprint density at radius 2 is 1.00 bits per heavy atom. The van der Waals surface area contributed by atoms with Crippen LogP contribution in [0.1, 0.15) is 11.4 Å².